The van der Waals surface area contributed by atoms with Gasteiger partial charge in [0.2, 0.25) is 11.2 Å². The van der Waals surface area contributed by atoms with Crippen LogP contribution < -0.4 is 4.90 Å². The maximum Gasteiger partial charge on any atom is 0.242 e. The number of H-pyrrole nitrogens is 1. The number of hydrogen-bond acceptors (Lipinski definition) is 5. The minimum atomic E-state index is 0.104. The standard InChI is InChI=1S/C12H15ClN6O/c1-18(6-8(20)19-4-2-3-5-19)11-9-10(15-7-14-9)16-12(13)17-11/h7H,2-6H2,1H3,(H,14,15,16,17). The van der Waals surface area contributed by atoms with Crippen LogP contribution in [0.3, 0.4) is 0 Å². The molecule has 2 aromatic heterocycles. The van der Waals surface area contributed by atoms with Crippen LogP contribution in [0.2, 0.25) is 5.28 Å². The molecule has 0 radical (unpaired) electrons. The lowest BCUT2D eigenvalue weighted by Gasteiger charge is -2.22. The molecule has 7 nitrogen and oxygen atoms in total. The van der Waals surface area contributed by atoms with Crippen molar-refractivity contribution >= 4 is 34.5 Å². The second kappa shape index (κ2) is 5.24. The number of amides is 1. The number of rotatable bonds is 3. The van der Waals surface area contributed by atoms with Crippen molar-refractivity contribution in [1.82, 2.24) is 24.8 Å². The SMILES string of the molecule is CN(CC(=O)N1CCCC1)c1nc(Cl)nc2nc[nH]c12. The number of imidazole rings is 1. The Bertz CT molecular complexity index is 636. The Kier molecular flexibility index (Phi) is 3.43. The van der Waals surface area contributed by atoms with Gasteiger partial charge in [0.15, 0.2) is 11.5 Å². The first-order chi connectivity index (χ1) is 9.65. The van der Waals surface area contributed by atoms with Crippen LogP contribution in [0.4, 0.5) is 5.82 Å². The Balaban J connectivity index is 1.82. The summed E-state index contributed by atoms with van der Waals surface area (Å²) in [6.07, 6.45) is 3.70. The summed E-state index contributed by atoms with van der Waals surface area (Å²) in [4.78, 5) is 31.1. The van der Waals surface area contributed by atoms with Crippen molar-refractivity contribution in [3.8, 4) is 0 Å². The molecule has 0 aromatic carbocycles. The summed E-state index contributed by atoms with van der Waals surface area (Å²) in [5, 5.41) is 0.125. The first kappa shape index (κ1) is 13.1. The van der Waals surface area contributed by atoms with E-state index >= 15 is 0 Å². The topological polar surface area (TPSA) is 78.0 Å². The van der Waals surface area contributed by atoms with Gasteiger partial charge in [0.05, 0.1) is 12.9 Å². The number of fused-ring (bicyclic) bond motifs is 1. The molecular weight excluding hydrogens is 280 g/mol. The molecule has 1 fully saturated rings. The molecule has 106 valence electrons. The fourth-order valence-corrected chi connectivity index (χ4v) is 2.57. The van der Waals surface area contributed by atoms with Crippen LogP contribution in [-0.4, -0.2) is 57.4 Å². The molecule has 1 aliphatic heterocycles. The van der Waals surface area contributed by atoms with E-state index in [-0.39, 0.29) is 17.7 Å². The predicted molar refractivity (Wildman–Crippen MR) is 75.8 cm³/mol. The fraction of sp³-hybridized carbons (Fsp3) is 0.500. The third kappa shape index (κ3) is 2.40. The second-order valence-electron chi connectivity index (χ2n) is 4.86. The van der Waals surface area contributed by atoms with Crippen molar-refractivity contribution in [2.75, 3.05) is 31.6 Å². The Morgan fingerprint density at radius 1 is 1.45 bits per heavy atom. The number of aromatic amines is 1. The third-order valence-corrected chi connectivity index (χ3v) is 3.60. The van der Waals surface area contributed by atoms with E-state index in [4.69, 9.17) is 11.6 Å². The number of hydrogen-bond donors (Lipinski definition) is 1. The smallest absolute Gasteiger partial charge is 0.242 e. The van der Waals surface area contributed by atoms with Gasteiger partial charge in [-0.05, 0) is 24.4 Å². The molecule has 20 heavy (non-hydrogen) atoms. The number of nitrogens with zero attached hydrogens (tertiary/aromatic N) is 5. The van der Waals surface area contributed by atoms with Crippen molar-refractivity contribution in [2.24, 2.45) is 0 Å². The average Bonchev–Trinajstić information content (AvgIpc) is 3.08. The highest BCUT2D eigenvalue weighted by Crippen LogP contribution is 2.21. The zero-order valence-electron chi connectivity index (χ0n) is 11.1. The summed E-state index contributed by atoms with van der Waals surface area (Å²) in [6.45, 7) is 1.95. The lowest BCUT2D eigenvalue weighted by Crippen LogP contribution is -2.37. The van der Waals surface area contributed by atoms with Crippen LogP contribution in [-0.2, 0) is 4.79 Å². The van der Waals surface area contributed by atoms with Crippen molar-refractivity contribution in [1.29, 1.82) is 0 Å². The maximum absolute atomic E-state index is 12.2. The van der Waals surface area contributed by atoms with E-state index < -0.39 is 0 Å². The molecule has 0 spiro atoms. The van der Waals surface area contributed by atoms with Gasteiger partial charge in [0, 0.05) is 20.1 Å². The van der Waals surface area contributed by atoms with Gasteiger partial charge in [-0.25, -0.2) is 4.98 Å². The Hall–Kier alpha value is -1.89. The van der Waals surface area contributed by atoms with Gasteiger partial charge in [-0.3, -0.25) is 4.79 Å². The lowest BCUT2D eigenvalue weighted by molar-refractivity contribution is -0.128. The molecule has 0 unspecified atom stereocenters. The summed E-state index contributed by atoms with van der Waals surface area (Å²) >= 11 is 5.89. The summed E-state index contributed by atoms with van der Waals surface area (Å²) in [6, 6.07) is 0. The molecule has 1 amide bonds. The molecule has 1 N–H and O–H groups in total. The molecule has 0 saturated carbocycles. The van der Waals surface area contributed by atoms with E-state index in [0.29, 0.717) is 17.0 Å². The van der Waals surface area contributed by atoms with Gasteiger partial charge in [0.25, 0.3) is 0 Å². The Morgan fingerprint density at radius 3 is 2.95 bits per heavy atom. The molecule has 3 heterocycles. The molecule has 1 aliphatic rings. The third-order valence-electron chi connectivity index (χ3n) is 3.43. The number of carbonyl (C=O) groups is 1. The van der Waals surface area contributed by atoms with Gasteiger partial charge < -0.3 is 14.8 Å². The number of carbonyl (C=O) groups excluding carboxylic acids is 1. The number of anilines is 1. The quantitative estimate of drug-likeness (QED) is 0.857. The predicted octanol–water partition coefficient (Wildman–Crippen LogP) is 1.06. The van der Waals surface area contributed by atoms with Crippen molar-refractivity contribution in [3.63, 3.8) is 0 Å². The summed E-state index contributed by atoms with van der Waals surface area (Å²) in [7, 11) is 1.81. The summed E-state index contributed by atoms with van der Waals surface area (Å²) in [5.74, 6) is 0.692. The Morgan fingerprint density at radius 2 is 2.20 bits per heavy atom. The lowest BCUT2D eigenvalue weighted by atomic mass is 10.4. The van der Waals surface area contributed by atoms with Crippen molar-refractivity contribution in [2.45, 2.75) is 12.8 Å². The van der Waals surface area contributed by atoms with Crippen molar-refractivity contribution < 1.29 is 4.79 Å². The first-order valence-corrected chi connectivity index (χ1v) is 6.88. The highest BCUT2D eigenvalue weighted by molar-refractivity contribution is 6.28. The van der Waals surface area contributed by atoms with Crippen LogP contribution >= 0.6 is 11.6 Å². The van der Waals surface area contributed by atoms with E-state index in [1.165, 1.54) is 6.33 Å². The van der Waals surface area contributed by atoms with Gasteiger partial charge >= 0.3 is 0 Å². The first-order valence-electron chi connectivity index (χ1n) is 6.50. The molecule has 0 atom stereocenters. The molecule has 0 aliphatic carbocycles. The average molecular weight is 295 g/mol. The summed E-state index contributed by atoms with van der Waals surface area (Å²) in [5.41, 5.74) is 1.19. The second-order valence-corrected chi connectivity index (χ2v) is 5.20. The van der Waals surface area contributed by atoms with Crippen LogP contribution in [0.25, 0.3) is 11.2 Å². The van der Waals surface area contributed by atoms with E-state index in [1.807, 2.05) is 11.9 Å². The van der Waals surface area contributed by atoms with Crippen LogP contribution in [0.15, 0.2) is 6.33 Å². The van der Waals surface area contributed by atoms with Gasteiger partial charge in [-0.2, -0.15) is 9.97 Å². The van der Waals surface area contributed by atoms with Crippen LogP contribution in [0.5, 0.6) is 0 Å². The number of likely N-dealkylation sites (tertiary alicyclic amines) is 1. The van der Waals surface area contributed by atoms with Gasteiger partial charge in [-0.15, -0.1) is 0 Å². The number of likely N-dealkylation sites (N-methyl/N-ethyl adjacent to an activating group) is 1. The fourth-order valence-electron chi connectivity index (χ4n) is 2.41. The zero-order chi connectivity index (χ0) is 14.1. The number of nitrogens with one attached hydrogen (secondary N) is 1. The van der Waals surface area contributed by atoms with Gasteiger partial charge in [-0.1, -0.05) is 0 Å². The van der Waals surface area contributed by atoms with E-state index in [9.17, 15) is 4.79 Å². The highest BCUT2D eigenvalue weighted by Gasteiger charge is 2.21. The molecule has 8 heteroatoms. The number of aromatic nitrogens is 4. The molecular formula is C12H15ClN6O. The highest BCUT2D eigenvalue weighted by atomic mass is 35.5. The minimum Gasteiger partial charge on any atom is -0.348 e. The summed E-state index contributed by atoms with van der Waals surface area (Å²) < 4.78 is 0. The van der Waals surface area contributed by atoms with Crippen LogP contribution in [0, 0.1) is 0 Å². The monoisotopic (exact) mass is 294 g/mol. The van der Waals surface area contributed by atoms with E-state index in [0.717, 1.165) is 25.9 Å². The van der Waals surface area contributed by atoms with Crippen molar-refractivity contribution in [3.05, 3.63) is 11.6 Å². The minimum absolute atomic E-state index is 0.104. The maximum atomic E-state index is 12.2. The molecule has 2 aromatic rings. The zero-order valence-corrected chi connectivity index (χ0v) is 11.9. The van der Waals surface area contributed by atoms with E-state index in [1.54, 1.807) is 4.90 Å². The number of halogens is 1. The van der Waals surface area contributed by atoms with Crippen LogP contribution in [0.1, 0.15) is 12.8 Å². The molecule has 0 bridgehead atoms. The molecule has 1 saturated heterocycles. The normalized spacial score (nSPS) is 15.0. The molecule has 3 rings (SSSR count). The van der Waals surface area contributed by atoms with E-state index in [2.05, 4.69) is 19.9 Å². The van der Waals surface area contributed by atoms with Gasteiger partial charge in [0.1, 0.15) is 5.52 Å². The largest absolute Gasteiger partial charge is 0.348 e. The Labute approximate surface area is 121 Å².